The highest BCUT2D eigenvalue weighted by Gasteiger charge is 2.23. The first kappa shape index (κ1) is 26.7. The van der Waals surface area contributed by atoms with Crippen molar-refractivity contribution in [1.29, 1.82) is 0 Å². The number of fused-ring (bicyclic) bond motifs is 3. The zero-order valence-electron chi connectivity index (χ0n) is 25.5. The summed E-state index contributed by atoms with van der Waals surface area (Å²) in [5, 5.41) is 5.20. The maximum Gasteiger partial charge on any atom is -0.00235 e. The Hall–Kier alpha value is -4.94. The molecule has 0 saturated heterocycles. The van der Waals surface area contributed by atoms with Crippen LogP contribution in [0, 0.1) is 6.92 Å². The molecular formula is C44H36. The Balaban J connectivity index is 1.40. The molecule has 2 aliphatic carbocycles. The maximum absolute atomic E-state index is 2.47. The summed E-state index contributed by atoms with van der Waals surface area (Å²) in [6.07, 6.45) is 13.8. The number of benzene rings is 6. The van der Waals surface area contributed by atoms with Gasteiger partial charge in [-0.2, -0.15) is 0 Å². The topological polar surface area (TPSA) is 0 Å². The van der Waals surface area contributed by atoms with Crippen molar-refractivity contribution < 1.29 is 0 Å². The fourth-order valence-corrected chi connectivity index (χ4v) is 7.48. The zero-order chi connectivity index (χ0) is 29.6. The third kappa shape index (κ3) is 4.45. The molecule has 6 aromatic carbocycles. The van der Waals surface area contributed by atoms with E-state index in [1.807, 2.05) is 0 Å². The van der Waals surface area contributed by atoms with Crippen LogP contribution in [0.3, 0.4) is 0 Å². The van der Waals surface area contributed by atoms with Crippen LogP contribution in [0.1, 0.15) is 48.4 Å². The van der Waals surface area contributed by atoms with Gasteiger partial charge < -0.3 is 0 Å². The minimum Gasteiger partial charge on any atom is -0.0836 e. The number of rotatable bonds is 4. The Morgan fingerprint density at radius 2 is 1.18 bits per heavy atom. The molecule has 44 heavy (non-hydrogen) atoms. The van der Waals surface area contributed by atoms with Crippen LogP contribution in [0.2, 0.25) is 0 Å². The molecule has 8 rings (SSSR count). The van der Waals surface area contributed by atoms with E-state index in [4.69, 9.17) is 0 Å². The number of allylic oxidation sites excluding steroid dienone is 5. The molecule has 0 radical (unpaired) electrons. The second-order valence-corrected chi connectivity index (χ2v) is 12.4. The van der Waals surface area contributed by atoms with Crippen LogP contribution in [0.4, 0.5) is 0 Å². The SMILES string of the molecule is CC1=C(c2cc(-c3c4c(c(-c5ccccc5-c5ccc6ccccc6c5)c5ccccc35)C=CCC4)ccc2C)C=CCC1. The summed E-state index contributed by atoms with van der Waals surface area (Å²) in [6, 6.07) is 40.8. The summed E-state index contributed by atoms with van der Waals surface area (Å²) in [5.41, 5.74) is 16.3. The number of hydrogen-bond acceptors (Lipinski definition) is 0. The van der Waals surface area contributed by atoms with Gasteiger partial charge in [0.15, 0.2) is 0 Å². The van der Waals surface area contributed by atoms with Gasteiger partial charge in [-0.1, -0.05) is 127 Å². The fourth-order valence-electron chi connectivity index (χ4n) is 7.48. The lowest BCUT2D eigenvalue weighted by Gasteiger charge is -2.25. The number of hydrogen-bond donors (Lipinski definition) is 0. The summed E-state index contributed by atoms with van der Waals surface area (Å²) in [7, 11) is 0. The zero-order valence-corrected chi connectivity index (χ0v) is 25.5. The predicted octanol–water partition coefficient (Wildman–Crippen LogP) is 12.4. The Morgan fingerprint density at radius 1 is 0.500 bits per heavy atom. The maximum atomic E-state index is 2.47. The van der Waals surface area contributed by atoms with E-state index in [1.54, 1.807) is 0 Å². The van der Waals surface area contributed by atoms with Crippen LogP contribution >= 0.6 is 0 Å². The van der Waals surface area contributed by atoms with Gasteiger partial charge in [0.05, 0.1) is 0 Å². The average molecular weight is 565 g/mol. The molecular weight excluding hydrogens is 528 g/mol. The molecule has 0 heteroatoms. The highest BCUT2D eigenvalue weighted by molar-refractivity contribution is 6.12. The molecule has 2 aliphatic rings. The third-order valence-electron chi connectivity index (χ3n) is 9.71. The highest BCUT2D eigenvalue weighted by atomic mass is 14.3. The van der Waals surface area contributed by atoms with Crippen LogP contribution in [-0.2, 0) is 6.42 Å². The highest BCUT2D eigenvalue weighted by Crippen LogP contribution is 2.47. The Bertz CT molecular complexity index is 2180. The van der Waals surface area contributed by atoms with Gasteiger partial charge in [-0.3, -0.25) is 0 Å². The molecule has 0 heterocycles. The lowest BCUT2D eigenvalue weighted by Crippen LogP contribution is -2.03. The molecule has 0 unspecified atom stereocenters. The van der Waals surface area contributed by atoms with E-state index in [0.29, 0.717) is 0 Å². The first-order chi connectivity index (χ1) is 21.7. The van der Waals surface area contributed by atoms with Crippen LogP contribution in [0.15, 0.2) is 133 Å². The number of aryl methyl sites for hydroxylation is 1. The second kappa shape index (κ2) is 11.0. The van der Waals surface area contributed by atoms with E-state index in [1.165, 1.54) is 88.3 Å². The standard InChI is InChI=1S/C44H36/c1-29-13-3-6-16-35(29)42-28-34(24-23-30(42)2)43-38-19-9-11-21-40(38)44(41-22-12-10-20-39(41)43)37-18-8-7-17-36(37)33-26-25-31-14-4-5-15-32(31)27-33/h4-9,11-12,14-19,21-28H,3,10,13,20H2,1-2H3. The molecule has 0 N–H and O–H groups in total. The fraction of sp³-hybridized carbons (Fsp3) is 0.136. The van der Waals surface area contributed by atoms with Gasteiger partial charge in [-0.05, 0) is 134 Å². The lowest BCUT2D eigenvalue weighted by molar-refractivity contribution is 0.967. The summed E-state index contributed by atoms with van der Waals surface area (Å²) >= 11 is 0. The van der Waals surface area contributed by atoms with E-state index in [9.17, 15) is 0 Å². The van der Waals surface area contributed by atoms with E-state index in [2.05, 4.69) is 147 Å². The van der Waals surface area contributed by atoms with Crippen LogP contribution in [-0.4, -0.2) is 0 Å². The lowest BCUT2D eigenvalue weighted by atomic mass is 9.78. The first-order valence-corrected chi connectivity index (χ1v) is 16.0. The predicted molar refractivity (Wildman–Crippen MR) is 191 cm³/mol. The van der Waals surface area contributed by atoms with E-state index < -0.39 is 0 Å². The molecule has 0 aliphatic heterocycles. The average Bonchev–Trinajstić information content (AvgIpc) is 3.08. The monoisotopic (exact) mass is 564 g/mol. The summed E-state index contributed by atoms with van der Waals surface area (Å²) in [6.45, 7) is 4.56. The summed E-state index contributed by atoms with van der Waals surface area (Å²) < 4.78 is 0. The summed E-state index contributed by atoms with van der Waals surface area (Å²) in [4.78, 5) is 0. The second-order valence-electron chi connectivity index (χ2n) is 12.4. The molecule has 0 atom stereocenters. The Morgan fingerprint density at radius 3 is 2.02 bits per heavy atom. The molecule has 0 fully saturated rings. The van der Waals surface area contributed by atoms with Gasteiger partial charge in [0.2, 0.25) is 0 Å². The van der Waals surface area contributed by atoms with E-state index >= 15 is 0 Å². The van der Waals surface area contributed by atoms with Crippen molar-refractivity contribution in [1.82, 2.24) is 0 Å². The van der Waals surface area contributed by atoms with Crippen molar-refractivity contribution in [3.8, 4) is 33.4 Å². The van der Waals surface area contributed by atoms with E-state index in [0.717, 1.165) is 25.7 Å². The quantitative estimate of drug-likeness (QED) is 0.200. The first-order valence-electron chi connectivity index (χ1n) is 16.0. The van der Waals surface area contributed by atoms with Crippen molar-refractivity contribution in [2.24, 2.45) is 0 Å². The van der Waals surface area contributed by atoms with Crippen LogP contribution in [0.25, 0.3) is 66.6 Å². The van der Waals surface area contributed by atoms with Gasteiger partial charge in [-0.25, -0.2) is 0 Å². The summed E-state index contributed by atoms with van der Waals surface area (Å²) in [5.74, 6) is 0. The molecule has 0 saturated carbocycles. The molecule has 212 valence electrons. The minimum absolute atomic E-state index is 1.04. The van der Waals surface area contributed by atoms with Crippen molar-refractivity contribution >= 4 is 33.2 Å². The van der Waals surface area contributed by atoms with Gasteiger partial charge >= 0.3 is 0 Å². The van der Waals surface area contributed by atoms with Crippen molar-refractivity contribution in [3.63, 3.8) is 0 Å². The molecule has 0 bridgehead atoms. The van der Waals surface area contributed by atoms with Crippen molar-refractivity contribution in [2.75, 3.05) is 0 Å². The van der Waals surface area contributed by atoms with Crippen molar-refractivity contribution in [3.05, 3.63) is 155 Å². The largest absolute Gasteiger partial charge is 0.0836 e. The molecule has 6 aromatic rings. The Kier molecular flexibility index (Phi) is 6.64. The Labute approximate surface area is 260 Å². The van der Waals surface area contributed by atoms with Crippen LogP contribution in [0.5, 0.6) is 0 Å². The minimum atomic E-state index is 1.04. The smallest absolute Gasteiger partial charge is 0.00235 e. The van der Waals surface area contributed by atoms with Gasteiger partial charge in [-0.15, -0.1) is 0 Å². The molecule has 0 spiro atoms. The molecule has 0 amide bonds. The van der Waals surface area contributed by atoms with Crippen molar-refractivity contribution in [2.45, 2.75) is 39.5 Å². The molecule has 0 aromatic heterocycles. The van der Waals surface area contributed by atoms with Gasteiger partial charge in [0.25, 0.3) is 0 Å². The van der Waals surface area contributed by atoms with Gasteiger partial charge in [0.1, 0.15) is 0 Å². The third-order valence-corrected chi connectivity index (χ3v) is 9.71. The van der Waals surface area contributed by atoms with Crippen LogP contribution < -0.4 is 0 Å². The molecule has 0 nitrogen and oxygen atoms in total. The van der Waals surface area contributed by atoms with Gasteiger partial charge in [0, 0.05) is 0 Å². The van der Waals surface area contributed by atoms with E-state index in [-0.39, 0.29) is 0 Å². The normalized spacial score (nSPS) is 14.4.